The van der Waals surface area contributed by atoms with E-state index in [9.17, 15) is 0 Å². The fraction of sp³-hybridized carbons (Fsp3) is 0.667. The molecule has 5 nitrogen and oxygen atoms in total. The first-order valence-corrected chi connectivity index (χ1v) is 10.1. The number of fused-ring (bicyclic) bond motifs is 1. The van der Waals surface area contributed by atoms with Crippen LogP contribution in [0, 0.1) is 5.92 Å². The number of piperidine rings is 1. The van der Waals surface area contributed by atoms with Gasteiger partial charge in [0.2, 0.25) is 0 Å². The van der Waals surface area contributed by atoms with Crippen molar-refractivity contribution >= 4 is 11.0 Å². The number of benzene rings is 1. The maximum absolute atomic E-state index is 5.53. The zero-order valence-electron chi connectivity index (χ0n) is 16.2. The molecule has 0 amide bonds. The molecule has 0 bridgehead atoms. The molecule has 2 aliphatic heterocycles. The van der Waals surface area contributed by atoms with Crippen molar-refractivity contribution in [1.82, 2.24) is 19.8 Å². The van der Waals surface area contributed by atoms with Crippen molar-refractivity contribution in [3.63, 3.8) is 0 Å². The van der Waals surface area contributed by atoms with Gasteiger partial charge in [-0.3, -0.25) is 4.90 Å². The first-order valence-electron chi connectivity index (χ1n) is 10.1. The standard InChI is InChI=1S/C21H32N4O/c1-21(2,25-10-12-26-13-11-25)16-24-9-5-6-17(15-24)14-20-22-18-7-3-4-8-19(18)23-20/h3-4,7-8,17H,5-6,9-16H2,1-2H3,(H,22,23). The lowest BCUT2D eigenvalue weighted by Gasteiger charge is -2.45. The number of H-pyrrole nitrogens is 1. The van der Waals surface area contributed by atoms with E-state index in [1.807, 2.05) is 0 Å². The third-order valence-corrected chi connectivity index (χ3v) is 6.00. The van der Waals surface area contributed by atoms with Gasteiger partial charge < -0.3 is 14.6 Å². The predicted octanol–water partition coefficient (Wildman–Crippen LogP) is 2.93. The largest absolute Gasteiger partial charge is 0.379 e. The van der Waals surface area contributed by atoms with Crippen molar-refractivity contribution in [2.75, 3.05) is 45.9 Å². The topological polar surface area (TPSA) is 44.4 Å². The summed E-state index contributed by atoms with van der Waals surface area (Å²) in [6.07, 6.45) is 3.67. The lowest BCUT2D eigenvalue weighted by Crippen LogP contribution is -2.56. The first kappa shape index (κ1) is 18.0. The lowest BCUT2D eigenvalue weighted by molar-refractivity contribution is -0.0256. The van der Waals surface area contributed by atoms with E-state index < -0.39 is 0 Å². The second-order valence-electron chi connectivity index (χ2n) is 8.56. The molecule has 142 valence electrons. The fourth-order valence-electron chi connectivity index (χ4n) is 4.65. The Morgan fingerprint density at radius 1 is 1.19 bits per heavy atom. The third kappa shape index (κ3) is 4.11. The minimum Gasteiger partial charge on any atom is -0.379 e. The SMILES string of the molecule is CC(C)(CN1CCCC(Cc2nc3ccccc3[nH]2)C1)N1CCOCC1. The van der Waals surface area contributed by atoms with Crippen LogP contribution in [0.25, 0.3) is 11.0 Å². The Morgan fingerprint density at radius 3 is 2.81 bits per heavy atom. The number of nitrogens with zero attached hydrogens (tertiary/aromatic N) is 3. The molecule has 2 aliphatic rings. The van der Waals surface area contributed by atoms with Crippen LogP contribution in [0.4, 0.5) is 0 Å². The summed E-state index contributed by atoms with van der Waals surface area (Å²) in [6, 6.07) is 8.33. The molecule has 2 saturated heterocycles. The van der Waals surface area contributed by atoms with Gasteiger partial charge in [0, 0.05) is 38.1 Å². The Kier molecular flexibility index (Phi) is 5.30. The molecule has 0 radical (unpaired) electrons. The highest BCUT2D eigenvalue weighted by atomic mass is 16.5. The van der Waals surface area contributed by atoms with Crippen LogP contribution >= 0.6 is 0 Å². The number of aromatic nitrogens is 2. The van der Waals surface area contributed by atoms with Gasteiger partial charge in [0.15, 0.2) is 0 Å². The molecule has 3 heterocycles. The van der Waals surface area contributed by atoms with Crippen LogP contribution in [0.3, 0.4) is 0 Å². The third-order valence-electron chi connectivity index (χ3n) is 6.00. The molecular formula is C21H32N4O. The summed E-state index contributed by atoms with van der Waals surface area (Å²) >= 11 is 0. The predicted molar refractivity (Wildman–Crippen MR) is 105 cm³/mol. The monoisotopic (exact) mass is 356 g/mol. The van der Waals surface area contributed by atoms with Gasteiger partial charge in [-0.2, -0.15) is 0 Å². The number of hydrogen-bond acceptors (Lipinski definition) is 4. The molecule has 1 aromatic carbocycles. The van der Waals surface area contributed by atoms with E-state index in [0.29, 0.717) is 5.92 Å². The van der Waals surface area contributed by atoms with Crippen LogP contribution in [0.15, 0.2) is 24.3 Å². The van der Waals surface area contributed by atoms with E-state index in [1.165, 1.54) is 25.9 Å². The Morgan fingerprint density at radius 2 is 2.00 bits per heavy atom. The van der Waals surface area contributed by atoms with Gasteiger partial charge in [0.1, 0.15) is 5.82 Å². The molecule has 4 rings (SSSR count). The molecule has 1 N–H and O–H groups in total. The number of morpholine rings is 1. The zero-order valence-corrected chi connectivity index (χ0v) is 16.2. The number of imidazole rings is 1. The molecule has 0 spiro atoms. The van der Waals surface area contributed by atoms with Gasteiger partial charge in [-0.15, -0.1) is 0 Å². The summed E-state index contributed by atoms with van der Waals surface area (Å²) in [6.45, 7) is 12.2. The van der Waals surface area contributed by atoms with Gasteiger partial charge in [0.05, 0.1) is 24.2 Å². The molecule has 1 aromatic heterocycles. The van der Waals surface area contributed by atoms with Crippen LogP contribution in [-0.4, -0.2) is 71.2 Å². The summed E-state index contributed by atoms with van der Waals surface area (Å²) in [5, 5.41) is 0. The van der Waals surface area contributed by atoms with Gasteiger partial charge in [-0.25, -0.2) is 4.98 Å². The number of ether oxygens (including phenoxy) is 1. The van der Waals surface area contributed by atoms with E-state index >= 15 is 0 Å². The first-order chi connectivity index (χ1) is 12.6. The highest BCUT2D eigenvalue weighted by Crippen LogP contribution is 2.25. The summed E-state index contributed by atoms with van der Waals surface area (Å²) in [5.74, 6) is 1.84. The van der Waals surface area contributed by atoms with Crippen LogP contribution in [-0.2, 0) is 11.2 Å². The fourth-order valence-corrected chi connectivity index (χ4v) is 4.65. The van der Waals surface area contributed by atoms with E-state index in [0.717, 1.165) is 56.1 Å². The molecule has 5 heteroatoms. The highest BCUT2D eigenvalue weighted by molar-refractivity contribution is 5.74. The summed E-state index contributed by atoms with van der Waals surface area (Å²) in [5.41, 5.74) is 2.46. The minimum atomic E-state index is 0.213. The molecule has 0 saturated carbocycles. The van der Waals surface area contributed by atoms with Crippen molar-refractivity contribution in [2.24, 2.45) is 5.92 Å². The number of nitrogens with one attached hydrogen (secondary N) is 1. The molecular weight excluding hydrogens is 324 g/mol. The average Bonchev–Trinajstić information content (AvgIpc) is 3.04. The summed E-state index contributed by atoms with van der Waals surface area (Å²) in [7, 11) is 0. The quantitative estimate of drug-likeness (QED) is 0.895. The van der Waals surface area contributed by atoms with Crippen molar-refractivity contribution in [3.05, 3.63) is 30.1 Å². The number of hydrogen-bond donors (Lipinski definition) is 1. The van der Waals surface area contributed by atoms with Crippen molar-refractivity contribution in [1.29, 1.82) is 0 Å². The number of aromatic amines is 1. The molecule has 1 unspecified atom stereocenters. The van der Waals surface area contributed by atoms with Gasteiger partial charge in [0.25, 0.3) is 0 Å². The second kappa shape index (κ2) is 7.67. The van der Waals surface area contributed by atoms with E-state index in [1.54, 1.807) is 0 Å². The van der Waals surface area contributed by atoms with Crippen molar-refractivity contribution < 1.29 is 4.74 Å². The van der Waals surface area contributed by atoms with Gasteiger partial charge in [-0.05, 0) is 51.3 Å². The average molecular weight is 357 g/mol. The lowest BCUT2D eigenvalue weighted by atomic mass is 9.92. The Bertz CT molecular complexity index is 687. The zero-order chi connectivity index (χ0) is 18.0. The number of para-hydroxylation sites is 2. The number of likely N-dealkylation sites (tertiary alicyclic amines) is 1. The molecule has 0 aliphatic carbocycles. The van der Waals surface area contributed by atoms with E-state index in [-0.39, 0.29) is 5.54 Å². The van der Waals surface area contributed by atoms with E-state index in [2.05, 4.69) is 52.9 Å². The molecule has 26 heavy (non-hydrogen) atoms. The van der Waals surface area contributed by atoms with Crippen LogP contribution in [0.5, 0.6) is 0 Å². The maximum Gasteiger partial charge on any atom is 0.107 e. The molecule has 1 atom stereocenters. The normalized spacial score (nSPS) is 23.5. The van der Waals surface area contributed by atoms with Crippen molar-refractivity contribution in [3.8, 4) is 0 Å². The van der Waals surface area contributed by atoms with E-state index in [4.69, 9.17) is 9.72 Å². The summed E-state index contributed by atoms with van der Waals surface area (Å²) in [4.78, 5) is 13.6. The van der Waals surface area contributed by atoms with Crippen LogP contribution < -0.4 is 0 Å². The Labute approximate surface area is 156 Å². The smallest absolute Gasteiger partial charge is 0.107 e. The number of rotatable bonds is 5. The molecule has 2 fully saturated rings. The van der Waals surface area contributed by atoms with Gasteiger partial charge in [-0.1, -0.05) is 12.1 Å². The Hall–Kier alpha value is -1.43. The van der Waals surface area contributed by atoms with Crippen LogP contribution in [0.1, 0.15) is 32.5 Å². The summed E-state index contributed by atoms with van der Waals surface area (Å²) < 4.78 is 5.53. The van der Waals surface area contributed by atoms with Crippen LogP contribution in [0.2, 0.25) is 0 Å². The second-order valence-corrected chi connectivity index (χ2v) is 8.56. The van der Waals surface area contributed by atoms with Crippen molar-refractivity contribution in [2.45, 2.75) is 38.6 Å². The van der Waals surface area contributed by atoms with Gasteiger partial charge >= 0.3 is 0 Å². The molecule has 2 aromatic rings. The highest BCUT2D eigenvalue weighted by Gasteiger charge is 2.32. The minimum absolute atomic E-state index is 0.213. The maximum atomic E-state index is 5.53. The Balaban J connectivity index is 1.36.